The van der Waals surface area contributed by atoms with Crippen molar-refractivity contribution in [2.45, 2.75) is 36.7 Å². The van der Waals surface area contributed by atoms with Crippen molar-refractivity contribution >= 4 is 0 Å². The highest BCUT2D eigenvalue weighted by Gasteiger charge is 2.76. The normalized spacial score (nSPS) is 15.8. The van der Waals surface area contributed by atoms with Crippen molar-refractivity contribution in [3.8, 4) is 6.07 Å². The van der Waals surface area contributed by atoms with Crippen LogP contribution in [0.25, 0.3) is 0 Å². The van der Waals surface area contributed by atoms with Gasteiger partial charge in [0.2, 0.25) is 0 Å². The Morgan fingerprint density at radius 1 is 0.913 bits per heavy atom. The fourth-order valence-corrected chi connectivity index (χ4v) is 1.83. The summed E-state index contributed by atoms with van der Waals surface area (Å²) >= 11 is 0. The van der Waals surface area contributed by atoms with Crippen molar-refractivity contribution in [1.29, 1.82) is 5.26 Å². The molecule has 0 radical (unpaired) electrons. The lowest BCUT2D eigenvalue weighted by atomic mass is 9.90. The van der Waals surface area contributed by atoms with Gasteiger partial charge < -0.3 is 10.2 Å². The number of aliphatic hydroxyl groups excluding tert-OH is 2. The van der Waals surface area contributed by atoms with Gasteiger partial charge in [-0.15, -0.1) is 0 Å². The average Bonchev–Trinajstić information content (AvgIpc) is 2.43. The first-order valence-corrected chi connectivity index (χ1v) is 6.03. The van der Waals surface area contributed by atoms with Gasteiger partial charge in [-0.1, -0.05) is 12.1 Å². The van der Waals surface area contributed by atoms with Crippen molar-refractivity contribution in [2.75, 3.05) is 0 Å². The van der Waals surface area contributed by atoms with E-state index in [0.29, 0.717) is 0 Å². The van der Waals surface area contributed by atoms with E-state index in [1.807, 2.05) is 0 Å². The van der Waals surface area contributed by atoms with Crippen LogP contribution in [0.3, 0.4) is 0 Å². The maximum absolute atomic E-state index is 13.5. The predicted molar refractivity (Wildman–Crippen MR) is 62.7 cm³/mol. The molecule has 2 N–H and O–H groups in total. The highest BCUT2D eigenvalue weighted by molar-refractivity contribution is 5.32. The molecular formula is C13H10F7NO2. The second-order valence-electron chi connectivity index (χ2n) is 4.71. The van der Waals surface area contributed by atoms with Crippen molar-refractivity contribution < 1.29 is 40.9 Å². The number of nitrogens with zero attached hydrogens (tertiary/aromatic N) is 1. The molecule has 2 unspecified atom stereocenters. The molecule has 0 spiro atoms. The van der Waals surface area contributed by atoms with Gasteiger partial charge in [0.25, 0.3) is 0 Å². The smallest absolute Gasteiger partial charge is 0.389 e. The Kier molecular flexibility index (Phi) is 5.28. The molecule has 128 valence electrons. The number of hydrogen-bond donors (Lipinski definition) is 2. The molecule has 3 nitrogen and oxygen atoms in total. The van der Waals surface area contributed by atoms with E-state index in [0.717, 1.165) is 24.3 Å². The van der Waals surface area contributed by atoms with E-state index in [1.165, 1.54) is 0 Å². The fraction of sp³-hybridized carbons (Fsp3) is 0.462. The summed E-state index contributed by atoms with van der Waals surface area (Å²) in [4.78, 5) is 0. The maximum atomic E-state index is 13.5. The molecule has 10 heteroatoms. The van der Waals surface area contributed by atoms with Crippen LogP contribution < -0.4 is 0 Å². The van der Waals surface area contributed by atoms with Gasteiger partial charge in [0.1, 0.15) is 6.10 Å². The van der Waals surface area contributed by atoms with Crippen LogP contribution in [-0.2, 0) is 0 Å². The first-order valence-electron chi connectivity index (χ1n) is 6.03. The summed E-state index contributed by atoms with van der Waals surface area (Å²) in [5.41, 5.74) is -5.91. The molecule has 0 heterocycles. The lowest BCUT2D eigenvalue weighted by Crippen LogP contribution is -2.61. The summed E-state index contributed by atoms with van der Waals surface area (Å²) in [7, 11) is 0. The van der Waals surface area contributed by atoms with E-state index < -0.39 is 36.7 Å². The molecule has 1 aromatic carbocycles. The predicted octanol–water partition coefficient (Wildman–Crippen LogP) is 3.18. The summed E-state index contributed by atoms with van der Waals surface area (Å²) in [6.45, 7) is 0. The standard InChI is InChI=1S/C13H10F7NO2/c14-11(12(15,16)17,13(18,19)20)10(23)5-9(22)8-3-1-7(6-21)2-4-8/h1-4,9-10,22-23H,5H2. The molecular weight excluding hydrogens is 335 g/mol. The molecule has 0 bridgehead atoms. The summed E-state index contributed by atoms with van der Waals surface area (Å²) in [5, 5.41) is 27.3. The summed E-state index contributed by atoms with van der Waals surface area (Å²) in [6.07, 6.45) is -19.9. The molecule has 0 aliphatic heterocycles. The minimum absolute atomic E-state index is 0.131. The van der Waals surface area contributed by atoms with Crippen LogP contribution in [-0.4, -0.2) is 34.3 Å². The zero-order valence-electron chi connectivity index (χ0n) is 11.2. The van der Waals surface area contributed by atoms with Crippen molar-refractivity contribution in [3.05, 3.63) is 35.4 Å². The number of hydrogen-bond acceptors (Lipinski definition) is 3. The zero-order valence-corrected chi connectivity index (χ0v) is 11.2. The number of aliphatic hydroxyl groups is 2. The average molecular weight is 345 g/mol. The third-order valence-corrected chi connectivity index (χ3v) is 3.16. The van der Waals surface area contributed by atoms with Gasteiger partial charge >= 0.3 is 18.0 Å². The van der Waals surface area contributed by atoms with Gasteiger partial charge in [-0.05, 0) is 17.7 Å². The van der Waals surface area contributed by atoms with E-state index in [-0.39, 0.29) is 11.1 Å². The van der Waals surface area contributed by atoms with E-state index in [2.05, 4.69) is 0 Å². The Labute approximate surface area is 125 Å². The SMILES string of the molecule is N#Cc1ccc(C(O)CC(O)C(F)(C(F)(F)F)C(F)(F)F)cc1. The van der Waals surface area contributed by atoms with Crippen LogP contribution in [0, 0.1) is 11.3 Å². The van der Waals surface area contributed by atoms with Gasteiger partial charge in [-0.2, -0.15) is 31.6 Å². The van der Waals surface area contributed by atoms with Gasteiger partial charge in [0.15, 0.2) is 0 Å². The first-order chi connectivity index (χ1) is 10.3. The lowest BCUT2D eigenvalue weighted by molar-refractivity contribution is -0.366. The Morgan fingerprint density at radius 2 is 1.35 bits per heavy atom. The van der Waals surface area contributed by atoms with Crippen LogP contribution >= 0.6 is 0 Å². The highest BCUT2D eigenvalue weighted by atomic mass is 19.4. The summed E-state index contributed by atoms with van der Waals surface area (Å²) in [6, 6.07) is 6.15. The second kappa shape index (κ2) is 6.33. The topological polar surface area (TPSA) is 64.2 Å². The first kappa shape index (κ1) is 19.2. The molecule has 0 amide bonds. The van der Waals surface area contributed by atoms with Crippen LogP contribution in [0.1, 0.15) is 23.7 Å². The van der Waals surface area contributed by atoms with Crippen LogP contribution in [0.15, 0.2) is 24.3 Å². The second-order valence-corrected chi connectivity index (χ2v) is 4.71. The minimum Gasteiger partial charge on any atom is -0.389 e. The monoisotopic (exact) mass is 345 g/mol. The number of rotatable bonds is 4. The molecule has 0 saturated carbocycles. The summed E-state index contributed by atoms with van der Waals surface area (Å²) in [5.74, 6) is 0. The Morgan fingerprint density at radius 3 is 1.70 bits per heavy atom. The zero-order chi connectivity index (χ0) is 18.1. The van der Waals surface area contributed by atoms with E-state index in [4.69, 9.17) is 10.4 Å². The Balaban J connectivity index is 3.03. The van der Waals surface area contributed by atoms with Gasteiger partial charge in [0.05, 0.1) is 17.7 Å². The molecule has 0 aromatic heterocycles. The van der Waals surface area contributed by atoms with Gasteiger partial charge in [-0.3, -0.25) is 0 Å². The molecule has 23 heavy (non-hydrogen) atoms. The van der Waals surface area contributed by atoms with E-state index >= 15 is 0 Å². The van der Waals surface area contributed by atoms with Crippen molar-refractivity contribution in [2.24, 2.45) is 0 Å². The van der Waals surface area contributed by atoms with Crippen molar-refractivity contribution in [3.63, 3.8) is 0 Å². The molecule has 0 aliphatic carbocycles. The highest BCUT2D eigenvalue weighted by Crippen LogP contribution is 2.49. The van der Waals surface area contributed by atoms with Crippen molar-refractivity contribution in [1.82, 2.24) is 0 Å². The van der Waals surface area contributed by atoms with Crippen LogP contribution in [0.5, 0.6) is 0 Å². The van der Waals surface area contributed by atoms with Crippen LogP contribution in [0.4, 0.5) is 30.7 Å². The minimum atomic E-state index is -6.41. The quantitative estimate of drug-likeness (QED) is 0.824. The molecule has 0 saturated heterocycles. The largest absolute Gasteiger partial charge is 0.434 e. The van der Waals surface area contributed by atoms with E-state index in [9.17, 15) is 35.8 Å². The maximum Gasteiger partial charge on any atom is 0.434 e. The third kappa shape index (κ3) is 3.73. The number of nitriles is 1. The summed E-state index contributed by atoms with van der Waals surface area (Å²) < 4.78 is 88.1. The van der Waals surface area contributed by atoms with Gasteiger partial charge in [-0.25, -0.2) is 4.39 Å². The molecule has 0 fully saturated rings. The van der Waals surface area contributed by atoms with Gasteiger partial charge in [0, 0.05) is 6.42 Å². The molecule has 0 aliphatic rings. The number of alkyl halides is 7. The molecule has 2 atom stereocenters. The lowest BCUT2D eigenvalue weighted by Gasteiger charge is -2.34. The van der Waals surface area contributed by atoms with E-state index in [1.54, 1.807) is 6.07 Å². The third-order valence-electron chi connectivity index (χ3n) is 3.16. The Hall–Kier alpha value is -1.86. The van der Waals surface area contributed by atoms with Crippen LogP contribution in [0.2, 0.25) is 0 Å². The number of halogens is 7. The fourth-order valence-electron chi connectivity index (χ4n) is 1.83. The Bertz CT molecular complexity index is 560. The molecule has 1 rings (SSSR count). The number of benzene rings is 1. The molecule has 1 aromatic rings.